The lowest BCUT2D eigenvalue weighted by Gasteiger charge is -2.39. The Morgan fingerprint density at radius 3 is 2.68 bits per heavy atom. The van der Waals surface area contributed by atoms with Crippen LogP contribution < -0.4 is 5.32 Å². The van der Waals surface area contributed by atoms with Gasteiger partial charge in [-0.2, -0.15) is 0 Å². The Kier molecular flexibility index (Phi) is 3.24. The molecule has 0 bridgehead atoms. The van der Waals surface area contributed by atoms with Gasteiger partial charge in [0, 0.05) is 11.6 Å². The minimum Gasteiger partial charge on any atom is -0.377 e. The zero-order chi connectivity index (χ0) is 17.0. The van der Waals surface area contributed by atoms with Crippen LogP contribution in [0.1, 0.15) is 40.6 Å². The summed E-state index contributed by atoms with van der Waals surface area (Å²) in [6.07, 6.45) is 5.96. The molecule has 1 heterocycles. The second-order valence-electron chi connectivity index (χ2n) is 7.59. The average molecular weight is 325 g/mol. The number of fused-ring (bicyclic) bond motifs is 4. The van der Waals surface area contributed by atoms with Gasteiger partial charge >= 0.3 is 0 Å². The molecule has 0 spiro atoms. The summed E-state index contributed by atoms with van der Waals surface area (Å²) in [5.41, 5.74) is 6.98. The molecule has 1 nitrogen and oxygen atoms in total. The van der Waals surface area contributed by atoms with E-state index in [-0.39, 0.29) is 0 Å². The Balaban J connectivity index is 1.70. The van der Waals surface area contributed by atoms with Crippen molar-refractivity contribution in [1.29, 1.82) is 0 Å². The van der Waals surface area contributed by atoms with Crippen molar-refractivity contribution in [2.45, 2.75) is 32.2 Å². The van der Waals surface area contributed by atoms with Crippen molar-refractivity contribution in [3.63, 3.8) is 0 Å². The van der Waals surface area contributed by atoms with Crippen LogP contribution in [0, 0.1) is 19.8 Å². The molecule has 1 heteroatoms. The van der Waals surface area contributed by atoms with E-state index in [9.17, 15) is 0 Å². The number of rotatable bonds is 1. The van der Waals surface area contributed by atoms with Gasteiger partial charge in [-0.25, -0.2) is 0 Å². The van der Waals surface area contributed by atoms with E-state index in [4.69, 9.17) is 0 Å². The highest BCUT2D eigenvalue weighted by atomic mass is 15.0. The molecule has 0 amide bonds. The number of allylic oxidation sites excluding steroid dienone is 2. The van der Waals surface area contributed by atoms with E-state index in [1.54, 1.807) is 0 Å². The fourth-order valence-corrected chi connectivity index (χ4v) is 4.90. The van der Waals surface area contributed by atoms with Gasteiger partial charge in [0.15, 0.2) is 0 Å². The van der Waals surface area contributed by atoms with Gasteiger partial charge in [-0.05, 0) is 53.6 Å². The maximum Gasteiger partial charge on any atom is 0.0560 e. The summed E-state index contributed by atoms with van der Waals surface area (Å²) in [7, 11) is 0. The van der Waals surface area contributed by atoms with Gasteiger partial charge in [-0.15, -0.1) is 0 Å². The first kappa shape index (κ1) is 14.8. The van der Waals surface area contributed by atoms with Crippen LogP contribution in [0.15, 0.2) is 66.7 Å². The standard InChI is InChI=1S/C24H23N/c1-15-13-16(2)23-22(14-15)19-10-6-12-21(19)24(25-23)20-11-5-8-17-7-3-4-9-18(17)20/h3-11,13-14,19,21,24-25H,12H2,1-2H3. The Morgan fingerprint density at radius 1 is 0.920 bits per heavy atom. The predicted molar refractivity (Wildman–Crippen MR) is 106 cm³/mol. The fourth-order valence-electron chi connectivity index (χ4n) is 4.90. The molecule has 2 aliphatic rings. The molecule has 0 saturated carbocycles. The predicted octanol–water partition coefficient (Wildman–Crippen LogP) is 6.28. The number of hydrogen-bond donors (Lipinski definition) is 1. The molecule has 124 valence electrons. The Labute approximate surface area is 149 Å². The van der Waals surface area contributed by atoms with Gasteiger partial charge in [0.2, 0.25) is 0 Å². The summed E-state index contributed by atoms with van der Waals surface area (Å²) >= 11 is 0. The minimum atomic E-state index is 0.361. The van der Waals surface area contributed by atoms with E-state index in [0.717, 1.165) is 6.42 Å². The van der Waals surface area contributed by atoms with Crippen molar-refractivity contribution in [3.8, 4) is 0 Å². The highest BCUT2D eigenvalue weighted by molar-refractivity contribution is 5.86. The SMILES string of the molecule is Cc1cc(C)c2c(c1)C1C=CCC1C(c1cccc3ccccc13)N2. The minimum absolute atomic E-state index is 0.361. The first-order valence-corrected chi connectivity index (χ1v) is 9.24. The number of aryl methyl sites for hydroxylation is 2. The van der Waals surface area contributed by atoms with Gasteiger partial charge in [0.1, 0.15) is 0 Å². The van der Waals surface area contributed by atoms with Gasteiger partial charge in [0.25, 0.3) is 0 Å². The monoisotopic (exact) mass is 325 g/mol. The van der Waals surface area contributed by atoms with Gasteiger partial charge in [0.05, 0.1) is 6.04 Å². The molecule has 3 aromatic rings. The lowest BCUT2D eigenvalue weighted by molar-refractivity contribution is 0.427. The fraction of sp³-hybridized carbons (Fsp3) is 0.250. The molecule has 1 aliphatic carbocycles. The van der Waals surface area contributed by atoms with Crippen molar-refractivity contribution in [1.82, 2.24) is 0 Å². The molecule has 0 radical (unpaired) electrons. The van der Waals surface area contributed by atoms with Crippen LogP contribution in [0.3, 0.4) is 0 Å². The van der Waals surface area contributed by atoms with Crippen LogP contribution in [-0.4, -0.2) is 0 Å². The molecule has 3 aromatic carbocycles. The zero-order valence-corrected chi connectivity index (χ0v) is 14.8. The maximum absolute atomic E-state index is 3.93. The van der Waals surface area contributed by atoms with Gasteiger partial charge < -0.3 is 5.32 Å². The normalized spacial score (nSPS) is 24.0. The Morgan fingerprint density at radius 2 is 1.76 bits per heavy atom. The molecule has 1 aliphatic heterocycles. The maximum atomic E-state index is 3.93. The number of nitrogens with one attached hydrogen (secondary N) is 1. The highest BCUT2D eigenvalue weighted by Crippen LogP contribution is 2.51. The van der Waals surface area contributed by atoms with Crippen LogP contribution in [0.4, 0.5) is 5.69 Å². The zero-order valence-electron chi connectivity index (χ0n) is 14.8. The van der Waals surface area contributed by atoms with Gasteiger partial charge in [-0.1, -0.05) is 72.3 Å². The van der Waals surface area contributed by atoms with E-state index < -0.39 is 0 Å². The first-order valence-electron chi connectivity index (χ1n) is 9.24. The van der Waals surface area contributed by atoms with Crippen LogP contribution in [-0.2, 0) is 0 Å². The Hall–Kier alpha value is -2.54. The average Bonchev–Trinajstić information content (AvgIpc) is 3.11. The summed E-state index contributed by atoms with van der Waals surface area (Å²) in [6, 6.07) is 20.5. The lowest BCUT2D eigenvalue weighted by atomic mass is 9.75. The third-order valence-corrected chi connectivity index (χ3v) is 5.97. The molecule has 3 unspecified atom stereocenters. The summed E-state index contributed by atoms with van der Waals surface area (Å²) in [4.78, 5) is 0. The third-order valence-electron chi connectivity index (χ3n) is 5.97. The quantitative estimate of drug-likeness (QED) is 0.519. The molecule has 25 heavy (non-hydrogen) atoms. The van der Waals surface area contributed by atoms with E-state index in [2.05, 4.69) is 85.9 Å². The summed E-state index contributed by atoms with van der Waals surface area (Å²) in [6.45, 7) is 4.44. The highest BCUT2D eigenvalue weighted by Gasteiger charge is 2.38. The molecule has 0 aromatic heterocycles. The van der Waals surface area contributed by atoms with Crippen LogP contribution in [0.2, 0.25) is 0 Å². The smallest absolute Gasteiger partial charge is 0.0560 e. The second kappa shape index (κ2) is 5.49. The number of anilines is 1. The molecule has 1 N–H and O–H groups in total. The van der Waals surface area contributed by atoms with E-state index in [1.165, 1.54) is 38.7 Å². The number of hydrogen-bond acceptors (Lipinski definition) is 1. The molecule has 5 rings (SSSR count). The van der Waals surface area contributed by atoms with Crippen LogP contribution in [0.5, 0.6) is 0 Å². The van der Waals surface area contributed by atoms with Crippen molar-refractivity contribution >= 4 is 16.5 Å². The number of benzene rings is 3. The van der Waals surface area contributed by atoms with E-state index >= 15 is 0 Å². The molecular weight excluding hydrogens is 302 g/mol. The topological polar surface area (TPSA) is 12.0 Å². The van der Waals surface area contributed by atoms with Crippen molar-refractivity contribution in [2.75, 3.05) is 5.32 Å². The van der Waals surface area contributed by atoms with Crippen LogP contribution in [0.25, 0.3) is 10.8 Å². The summed E-state index contributed by atoms with van der Waals surface area (Å²) in [5, 5.41) is 6.64. The molecular formula is C24H23N. The summed E-state index contributed by atoms with van der Waals surface area (Å²) < 4.78 is 0. The summed E-state index contributed by atoms with van der Waals surface area (Å²) in [5.74, 6) is 1.12. The molecule has 0 fully saturated rings. The molecule has 0 saturated heterocycles. The first-order chi connectivity index (χ1) is 12.2. The third kappa shape index (κ3) is 2.22. The van der Waals surface area contributed by atoms with E-state index in [0.29, 0.717) is 17.9 Å². The van der Waals surface area contributed by atoms with Crippen molar-refractivity contribution < 1.29 is 0 Å². The van der Waals surface area contributed by atoms with Crippen LogP contribution >= 0.6 is 0 Å². The lowest BCUT2D eigenvalue weighted by Crippen LogP contribution is -2.29. The molecule has 3 atom stereocenters. The van der Waals surface area contributed by atoms with E-state index in [1.807, 2.05) is 0 Å². The Bertz CT molecular complexity index is 993. The largest absolute Gasteiger partial charge is 0.377 e. The van der Waals surface area contributed by atoms with Gasteiger partial charge in [-0.3, -0.25) is 0 Å². The second-order valence-corrected chi connectivity index (χ2v) is 7.59. The van der Waals surface area contributed by atoms with Crippen molar-refractivity contribution in [3.05, 3.63) is 89.0 Å². The van der Waals surface area contributed by atoms with Crippen molar-refractivity contribution in [2.24, 2.45) is 5.92 Å².